The average Bonchev–Trinajstić information content (AvgIpc) is 1.56. The molecule has 0 atom stereocenters. The second kappa shape index (κ2) is 28.9. The summed E-state index contributed by atoms with van der Waals surface area (Å²) in [6.07, 6.45) is 0. The fourth-order valence-electron chi connectivity index (χ4n) is 22.7. The summed E-state index contributed by atoms with van der Waals surface area (Å²) in [6.45, 7) is 17.1. The number of benzene rings is 19. The van der Waals surface area contributed by atoms with Gasteiger partial charge in [-0.1, -0.05) is 295 Å². The van der Waals surface area contributed by atoms with Crippen LogP contribution in [-0.2, 0) is 10.8 Å². The molecule has 8 heteroatoms. The molecule has 27 rings (SSSR count). The lowest BCUT2D eigenvalue weighted by atomic mass is 9.82. The first-order valence-electron chi connectivity index (χ1n) is 45.8. The maximum Gasteiger partial charge on any atom is 0.235 e. The van der Waals surface area contributed by atoms with E-state index in [1.807, 2.05) is 24.3 Å². The van der Waals surface area contributed by atoms with Crippen LogP contribution < -0.4 is 0 Å². The molecule has 6 heterocycles. The zero-order chi connectivity index (χ0) is 88.2. The largest absolute Gasteiger partial charge is 0.309 e. The summed E-state index contributed by atoms with van der Waals surface area (Å²) in [5.41, 5.74) is 40.9. The van der Waals surface area contributed by atoms with Gasteiger partial charge in [-0.3, -0.25) is 4.57 Å². The zero-order valence-electron chi connectivity index (χ0n) is 73.5. The topological polar surface area (TPSA) is 54.8 Å². The summed E-state index contributed by atoms with van der Waals surface area (Å²) in [5.74, 6) is 0.547. The molecule has 0 radical (unpaired) electrons. The van der Waals surface area contributed by atoms with Crippen LogP contribution in [0.4, 0.5) is 5.69 Å². The van der Waals surface area contributed by atoms with Crippen LogP contribution in [0.3, 0.4) is 0 Å². The average molecular weight is 1700 g/mol. The molecule has 0 bridgehead atoms. The molecule has 2 aliphatic rings. The van der Waals surface area contributed by atoms with Crippen molar-refractivity contribution in [3.8, 4) is 129 Å². The van der Waals surface area contributed by atoms with Crippen LogP contribution in [-0.4, -0.2) is 32.8 Å². The number of fused-ring (bicyclic) bond motifs is 21. The SMILES string of the molecule is [C-]#[N+]c1ccc(-n2c3ccccc3c3cc(-c4ccc5c(c4)c4ccccc4n5-c4cccc(-c5cc(-c6cc(-c7ccccc7)ccc6-c6ccccc6)nc(-n6c7ccc(-c8ccc9c(c8)c8ccccc8n9-c8ccc9c(c8)C(C)(C)c8ccccc8-9)cc7c7cc(-c8ccc9c(c8)c8ccccc8n9-c8ccc9c(c8)C(C)(C)c8ccccc8-9)ccc76)n5)c4)ccc32)cc1. The first-order valence-corrected chi connectivity index (χ1v) is 45.8. The molecule has 25 aromatic rings. The van der Waals surface area contributed by atoms with E-state index in [0.29, 0.717) is 11.6 Å². The number of hydrogen-bond acceptors (Lipinski definition) is 2. The molecule has 0 spiro atoms. The molecule has 0 fully saturated rings. The molecular weight excluding hydrogens is 1610 g/mol. The third-order valence-corrected chi connectivity index (χ3v) is 29.1. The van der Waals surface area contributed by atoms with Gasteiger partial charge in [0.1, 0.15) is 0 Å². The van der Waals surface area contributed by atoms with Gasteiger partial charge >= 0.3 is 0 Å². The maximum atomic E-state index is 7.66. The Labute approximate surface area is 768 Å². The van der Waals surface area contributed by atoms with E-state index in [4.69, 9.17) is 16.5 Å². The van der Waals surface area contributed by atoms with Gasteiger partial charge < -0.3 is 18.3 Å². The fourth-order valence-corrected chi connectivity index (χ4v) is 22.7. The van der Waals surface area contributed by atoms with E-state index in [2.05, 4.69) is 456 Å². The lowest BCUT2D eigenvalue weighted by molar-refractivity contribution is 0.660. The minimum atomic E-state index is -0.156. The Morgan fingerprint density at radius 3 is 0.947 bits per heavy atom. The van der Waals surface area contributed by atoms with Gasteiger partial charge in [-0.15, -0.1) is 0 Å². The molecular formula is C125H82N8. The van der Waals surface area contributed by atoms with E-state index in [9.17, 15) is 0 Å². The lowest BCUT2D eigenvalue weighted by Gasteiger charge is -2.22. The first-order chi connectivity index (χ1) is 65.4. The standard InChI is InChI=1S/C125H82N8/c1-124(2)107-37-18-12-31-92(107)94-57-54-89(73-109(94)124)131-115-41-22-16-35-98(115)103-69-81(46-61-119(103)131)83-48-63-121-105(71-83)106-72-84(82-47-62-120-104(70-82)99-36-17-23-42-116(99)132(120)90-55-58-95-93-32-13-19-38-108(93)125(3,4)110(95)74-90)49-64-122(106)133(121)123-127-111(75-112(128-123)100-66-78(76-25-8-6-9-26-76)43-56-91(100)77-27-10-7-11-28-77)85-29-24-30-88(65-85)130-114-40-21-15-34-97(114)102-68-80(45-60-118(102)130)79-44-59-117-101(67-79)96-33-14-20-39-113(96)129(117)87-52-50-86(126-5)51-53-87/h6-75H,1-4H3. The summed E-state index contributed by atoms with van der Waals surface area (Å²) in [4.78, 5) is 15.6. The van der Waals surface area contributed by atoms with Crippen molar-refractivity contribution in [2.24, 2.45) is 0 Å². The van der Waals surface area contributed by atoms with Crippen LogP contribution in [0.5, 0.6) is 0 Å². The number of nitrogens with zero attached hydrogens (tertiary/aromatic N) is 8. The van der Waals surface area contributed by atoms with Gasteiger partial charge in [0.2, 0.25) is 5.95 Å². The molecule has 19 aromatic carbocycles. The molecule has 622 valence electrons. The van der Waals surface area contributed by atoms with E-state index in [1.165, 1.54) is 87.9 Å². The van der Waals surface area contributed by atoms with Gasteiger partial charge in [-0.2, -0.15) is 0 Å². The van der Waals surface area contributed by atoms with Crippen LogP contribution in [0.1, 0.15) is 49.9 Å². The van der Waals surface area contributed by atoms with E-state index in [0.717, 1.165) is 167 Å². The Balaban J connectivity index is 0.647. The second-order valence-electron chi connectivity index (χ2n) is 37.0. The van der Waals surface area contributed by atoms with E-state index in [-0.39, 0.29) is 10.8 Å². The van der Waals surface area contributed by atoms with E-state index < -0.39 is 0 Å². The van der Waals surface area contributed by atoms with Crippen molar-refractivity contribution in [1.29, 1.82) is 0 Å². The smallest absolute Gasteiger partial charge is 0.235 e. The Hall–Kier alpha value is -17.3. The summed E-state index contributed by atoms with van der Waals surface area (Å²) < 4.78 is 12.0. The van der Waals surface area contributed by atoms with Crippen molar-refractivity contribution in [3.63, 3.8) is 0 Å². The monoisotopic (exact) mass is 1690 g/mol. The first kappa shape index (κ1) is 75.9. The van der Waals surface area contributed by atoms with Crippen molar-refractivity contribution < 1.29 is 0 Å². The molecule has 0 unspecified atom stereocenters. The van der Waals surface area contributed by atoms with Gasteiger partial charge in [0.25, 0.3) is 0 Å². The number of aromatic nitrogens is 7. The molecule has 8 nitrogen and oxygen atoms in total. The number of rotatable bonds is 12. The number of para-hydroxylation sites is 4. The fraction of sp³-hybridized carbons (Fsp3) is 0.0480. The van der Waals surface area contributed by atoms with Crippen LogP contribution in [0.15, 0.2) is 425 Å². The van der Waals surface area contributed by atoms with Gasteiger partial charge in [0.05, 0.1) is 73.1 Å². The molecule has 6 aromatic heterocycles. The third kappa shape index (κ3) is 11.5. The predicted molar refractivity (Wildman–Crippen MR) is 553 cm³/mol. The molecule has 0 amide bonds. The third-order valence-electron chi connectivity index (χ3n) is 29.1. The molecule has 0 aliphatic heterocycles. The van der Waals surface area contributed by atoms with Crippen molar-refractivity contribution >= 4 is 115 Å². The van der Waals surface area contributed by atoms with Crippen molar-refractivity contribution in [2.75, 3.05) is 0 Å². The highest BCUT2D eigenvalue weighted by Gasteiger charge is 2.38. The van der Waals surface area contributed by atoms with Crippen LogP contribution in [0, 0.1) is 6.57 Å². The van der Waals surface area contributed by atoms with Crippen molar-refractivity contribution in [1.82, 2.24) is 32.8 Å². The van der Waals surface area contributed by atoms with Crippen molar-refractivity contribution in [2.45, 2.75) is 38.5 Å². The van der Waals surface area contributed by atoms with Gasteiger partial charge in [-0.25, -0.2) is 14.8 Å². The molecule has 2 aliphatic carbocycles. The van der Waals surface area contributed by atoms with Crippen LogP contribution >= 0.6 is 0 Å². The lowest BCUT2D eigenvalue weighted by Crippen LogP contribution is -2.15. The Morgan fingerprint density at radius 2 is 0.511 bits per heavy atom. The Morgan fingerprint density at radius 1 is 0.195 bits per heavy atom. The Kier molecular flexibility index (Phi) is 16.5. The van der Waals surface area contributed by atoms with Gasteiger partial charge in [-0.05, 0) is 258 Å². The molecule has 0 N–H and O–H groups in total. The normalized spacial score (nSPS) is 13.1. The van der Waals surface area contributed by atoms with Gasteiger partial charge in [0, 0.05) is 98.6 Å². The summed E-state index contributed by atoms with van der Waals surface area (Å²) in [6, 6.07) is 157. The maximum absolute atomic E-state index is 7.66. The van der Waals surface area contributed by atoms with Gasteiger partial charge in [0.15, 0.2) is 5.69 Å². The van der Waals surface area contributed by atoms with Crippen molar-refractivity contribution in [3.05, 3.63) is 458 Å². The Bertz CT molecular complexity index is 9060. The number of hydrogen-bond donors (Lipinski definition) is 0. The van der Waals surface area contributed by atoms with Crippen LogP contribution in [0.2, 0.25) is 0 Å². The second-order valence-corrected chi connectivity index (χ2v) is 37.0. The molecule has 0 saturated carbocycles. The predicted octanol–water partition coefficient (Wildman–Crippen LogP) is 32.8. The summed E-state index contributed by atoms with van der Waals surface area (Å²) >= 11 is 0. The van der Waals surface area contributed by atoms with Crippen LogP contribution in [0.25, 0.3) is 243 Å². The van der Waals surface area contributed by atoms with E-state index >= 15 is 0 Å². The summed E-state index contributed by atoms with van der Waals surface area (Å²) in [5, 5.41) is 11.6. The highest BCUT2D eigenvalue weighted by molar-refractivity contribution is 6.17. The highest BCUT2D eigenvalue weighted by Crippen LogP contribution is 2.53. The minimum absolute atomic E-state index is 0.156. The minimum Gasteiger partial charge on any atom is -0.309 e. The zero-order valence-corrected chi connectivity index (χ0v) is 73.5. The molecule has 0 saturated heterocycles. The molecule has 133 heavy (non-hydrogen) atoms. The summed E-state index contributed by atoms with van der Waals surface area (Å²) in [7, 11) is 0. The van der Waals surface area contributed by atoms with E-state index in [1.54, 1.807) is 0 Å². The highest BCUT2D eigenvalue weighted by atomic mass is 15.2. The quantitative estimate of drug-likeness (QED) is 0.114.